The van der Waals surface area contributed by atoms with Crippen LogP contribution in [0, 0.1) is 0 Å². The van der Waals surface area contributed by atoms with Crippen LogP contribution < -0.4 is 4.90 Å². The fourth-order valence-electron chi connectivity index (χ4n) is 2.23. The van der Waals surface area contributed by atoms with Crippen molar-refractivity contribution < 1.29 is 0 Å². The van der Waals surface area contributed by atoms with Gasteiger partial charge < -0.3 is 4.90 Å². The maximum Gasteiger partial charge on any atom is 0.200 e. The van der Waals surface area contributed by atoms with Crippen molar-refractivity contribution in [3.05, 3.63) is 12.1 Å². The summed E-state index contributed by atoms with van der Waals surface area (Å²) >= 11 is 0. The fourth-order valence-corrected chi connectivity index (χ4v) is 2.23. The van der Waals surface area contributed by atoms with E-state index < -0.39 is 0 Å². The highest BCUT2D eigenvalue weighted by atomic mass is 15.6. The van der Waals surface area contributed by atoms with E-state index in [-0.39, 0.29) is 0 Å². The Morgan fingerprint density at radius 2 is 2.25 bits per heavy atom. The summed E-state index contributed by atoms with van der Waals surface area (Å²) in [5, 5.41) is 15.7. The van der Waals surface area contributed by atoms with Gasteiger partial charge in [0.1, 0.15) is 0 Å². The van der Waals surface area contributed by atoms with Crippen LogP contribution in [0.25, 0.3) is 5.65 Å². The highest BCUT2D eigenvalue weighted by Gasteiger charge is 2.20. The molecule has 3 heterocycles. The van der Waals surface area contributed by atoms with E-state index in [1.165, 1.54) is 23.9 Å². The lowest BCUT2D eigenvalue weighted by atomic mass is 10.0. The summed E-state index contributed by atoms with van der Waals surface area (Å²) in [6, 6.07) is 4.45. The maximum absolute atomic E-state index is 4.42. The van der Waals surface area contributed by atoms with Crippen molar-refractivity contribution in [3.63, 3.8) is 0 Å². The molecule has 3 rings (SSSR count). The van der Waals surface area contributed by atoms with Crippen molar-refractivity contribution in [2.45, 2.75) is 32.2 Å². The Balaban J connectivity index is 1.97. The first-order valence-electron chi connectivity index (χ1n) is 5.67. The van der Waals surface area contributed by atoms with E-state index in [1.807, 2.05) is 12.1 Å². The van der Waals surface area contributed by atoms with Gasteiger partial charge in [0.15, 0.2) is 11.5 Å². The van der Waals surface area contributed by atoms with Crippen LogP contribution in [0.5, 0.6) is 0 Å². The van der Waals surface area contributed by atoms with Crippen LogP contribution in [-0.4, -0.2) is 37.8 Å². The van der Waals surface area contributed by atoms with Gasteiger partial charge >= 0.3 is 0 Å². The number of piperidine rings is 1. The second-order valence-electron chi connectivity index (χ2n) is 4.26. The van der Waals surface area contributed by atoms with Crippen molar-refractivity contribution in [2.75, 3.05) is 11.4 Å². The van der Waals surface area contributed by atoms with Gasteiger partial charge in [-0.2, -0.15) is 0 Å². The second-order valence-corrected chi connectivity index (χ2v) is 4.26. The Hall–Kier alpha value is -1.72. The van der Waals surface area contributed by atoms with Crippen LogP contribution in [0.2, 0.25) is 0 Å². The summed E-state index contributed by atoms with van der Waals surface area (Å²) in [4.78, 5) is 2.32. The largest absolute Gasteiger partial charge is 0.352 e. The zero-order chi connectivity index (χ0) is 11.0. The average molecular weight is 218 g/mol. The van der Waals surface area contributed by atoms with E-state index in [1.54, 1.807) is 0 Å². The Kier molecular flexibility index (Phi) is 2.19. The number of aromatic nitrogens is 5. The SMILES string of the molecule is C[C@@H]1CCCCN1c1ccc2nnnn2n1. The molecule has 6 heteroatoms. The minimum absolute atomic E-state index is 0.551. The summed E-state index contributed by atoms with van der Waals surface area (Å²) in [5.41, 5.74) is 0.688. The number of rotatable bonds is 1. The molecule has 1 atom stereocenters. The summed E-state index contributed by atoms with van der Waals surface area (Å²) in [6.07, 6.45) is 3.78. The number of fused-ring (bicyclic) bond motifs is 1. The average Bonchev–Trinajstić information content (AvgIpc) is 2.76. The molecule has 0 unspecified atom stereocenters. The van der Waals surface area contributed by atoms with Crippen molar-refractivity contribution in [1.29, 1.82) is 0 Å². The number of nitrogens with zero attached hydrogens (tertiary/aromatic N) is 6. The van der Waals surface area contributed by atoms with E-state index in [0.29, 0.717) is 11.7 Å². The lowest BCUT2D eigenvalue weighted by Crippen LogP contribution is -2.38. The van der Waals surface area contributed by atoms with E-state index in [4.69, 9.17) is 0 Å². The first-order chi connectivity index (χ1) is 7.84. The third kappa shape index (κ3) is 1.50. The molecule has 0 aliphatic carbocycles. The predicted octanol–water partition coefficient (Wildman–Crippen LogP) is 0.898. The Morgan fingerprint density at radius 3 is 3.12 bits per heavy atom. The third-order valence-electron chi connectivity index (χ3n) is 3.15. The van der Waals surface area contributed by atoms with E-state index in [2.05, 4.69) is 32.4 Å². The molecule has 0 aromatic carbocycles. The number of anilines is 1. The Morgan fingerprint density at radius 1 is 1.31 bits per heavy atom. The predicted molar refractivity (Wildman–Crippen MR) is 59.2 cm³/mol. The van der Waals surface area contributed by atoms with Gasteiger partial charge in [-0.05, 0) is 48.7 Å². The number of hydrogen-bond donors (Lipinski definition) is 0. The summed E-state index contributed by atoms with van der Waals surface area (Å²) < 4.78 is 1.48. The van der Waals surface area contributed by atoms with Crippen molar-refractivity contribution in [3.8, 4) is 0 Å². The van der Waals surface area contributed by atoms with Crippen LogP contribution in [0.4, 0.5) is 5.82 Å². The molecule has 6 nitrogen and oxygen atoms in total. The molecule has 0 saturated carbocycles. The van der Waals surface area contributed by atoms with Gasteiger partial charge in [0.05, 0.1) is 0 Å². The van der Waals surface area contributed by atoms with Crippen LogP contribution in [0.3, 0.4) is 0 Å². The zero-order valence-corrected chi connectivity index (χ0v) is 9.24. The molecule has 84 valence electrons. The molecule has 16 heavy (non-hydrogen) atoms. The van der Waals surface area contributed by atoms with Crippen molar-refractivity contribution in [2.24, 2.45) is 0 Å². The van der Waals surface area contributed by atoms with Gasteiger partial charge in [0.25, 0.3) is 0 Å². The highest BCUT2D eigenvalue weighted by Crippen LogP contribution is 2.22. The van der Waals surface area contributed by atoms with Crippen LogP contribution in [-0.2, 0) is 0 Å². The number of tetrazole rings is 1. The molecule has 2 aromatic rings. The normalized spacial score (nSPS) is 21.6. The van der Waals surface area contributed by atoms with Crippen LogP contribution >= 0.6 is 0 Å². The van der Waals surface area contributed by atoms with Gasteiger partial charge in [-0.3, -0.25) is 0 Å². The maximum atomic E-state index is 4.42. The van der Waals surface area contributed by atoms with Crippen molar-refractivity contribution >= 4 is 11.5 Å². The molecule has 1 aliphatic heterocycles. The molecule has 1 aliphatic rings. The van der Waals surface area contributed by atoms with Gasteiger partial charge in [-0.25, -0.2) is 0 Å². The zero-order valence-electron chi connectivity index (χ0n) is 9.24. The summed E-state index contributed by atoms with van der Waals surface area (Å²) in [6.45, 7) is 3.31. The minimum Gasteiger partial charge on any atom is -0.352 e. The number of hydrogen-bond acceptors (Lipinski definition) is 5. The first-order valence-corrected chi connectivity index (χ1v) is 5.67. The third-order valence-corrected chi connectivity index (χ3v) is 3.15. The van der Waals surface area contributed by atoms with E-state index >= 15 is 0 Å². The molecular formula is C10H14N6. The fraction of sp³-hybridized carbons (Fsp3) is 0.600. The van der Waals surface area contributed by atoms with Gasteiger partial charge in [0.2, 0.25) is 0 Å². The Bertz CT molecular complexity index is 493. The minimum atomic E-state index is 0.551. The van der Waals surface area contributed by atoms with Crippen LogP contribution in [0.15, 0.2) is 12.1 Å². The van der Waals surface area contributed by atoms with Crippen molar-refractivity contribution in [1.82, 2.24) is 25.3 Å². The summed E-state index contributed by atoms with van der Waals surface area (Å²) in [5.74, 6) is 0.965. The van der Waals surface area contributed by atoms with Gasteiger partial charge in [-0.1, -0.05) is 0 Å². The summed E-state index contributed by atoms with van der Waals surface area (Å²) in [7, 11) is 0. The first kappa shape index (κ1) is 9.50. The molecule has 0 spiro atoms. The highest BCUT2D eigenvalue weighted by molar-refractivity contribution is 5.45. The monoisotopic (exact) mass is 218 g/mol. The molecule has 0 bridgehead atoms. The molecule has 2 aromatic heterocycles. The lowest BCUT2D eigenvalue weighted by Gasteiger charge is -2.33. The quantitative estimate of drug-likeness (QED) is 0.711. The molecular weight excluding hydrogens is 204 g/mol. The molecule has 0 amide bonds. The standard InChI is InChI=1S/C10H14N6/c1-8-4-2-3-7-15(8)10-6-5-9-11-13-14-16(9)12-10/h5-6,8H,2-4,7H2,1H3/t8-/m1/s1. The lowest BCUT2D eigenvalue weighted by molar-refractivity contribution is 0.478. The van der Waals surface area contributed by atoms with E-state index in [9.17, 15) is 0 Å². The molecule has 1 saturated heterocycles. The molecule has 0 radical (unpaired) electrons. The van der Waals surface area contributed by atoms with E-state index in [0.717, 1.165) is 12.4 Å². The Labute approximate surface area is 93.2 Å². The molecule has 0 N–H and O–H groups in total. The topological polar surface area (TPSA) is 59.2 Å². The van der Waals surface area contributed by atoms with Gasteiger partial charge in [0, 0.05) is 12.6 Å². The molecule has 1 fully saturated rings. The second kappa shape index (κ2) is 3.70. The smallest absolute Gasteiger partial charge is 0.200 e. The van der Waals surface area contributed by atoms with Gasteiger partial charge in [-0.15, -0.1) is 14.8 Å². The van der Waals surface area contributed by atoms with Crippen LogP contribution in [0.1, 0.15) is 26.2 Å².